The Kier molecular flexibility index (Phi) is 5.37. The van der Waals surface area contributed by atoms with E-state index in [1.54, 1.807) is 35.0 Å². The van der Waals surface area contributed by atoms with Gasteiger partial charge in [0, 0.05) is 0 Å². The molecule has 0 amide bonds. The van der Waals surface area contributed by atoms with Gasteiger partial charge in [-0.15, -0.1) is 0 Å². The van der Waals surface area contributed by atoms with Crippen LogP contribution in [0.25, 0.3) is 16.9 Å². The topological polar surface area (TPSA) is 111 Å². The Labute approximate surface area is 178 Å². The standard InChI is InChI=1S/C23H22N2O6/c1-30-19-8-5-9-20(31-2)21(19)18-12-16(23(28)29)24-25(18)17-11-10-15(22(26)27)13-6-3-4-7-14(13)17/h5,8-12H,3-4,6-7H2,1-2H3,(H,26,27)(H,28,29). The predicted molar refractivity (Wildman–Crippen MR) is 113 cm³/mol. The second-order valence-electron chi connectivity index (χ2n) is 7.27. The van der Waals surface area contributed by atoms with Crippen LogP contribution < -0.4 is 9.47 Å². The van der Waals surface area contributed by atoms with Gasteiger partial charge < -0.3 is 19.7 Å². The highest BCUT2D eigenvalue weighted by atomic mass is 16.5. The van der Waals surface area contributed by atoms with E-state index >= 15 is 0 Å². The molecule has 0 aliphatic heterocycles. The number of carboxylic acid groups (broad SMARTS) is 2. The van der Waals surface area contributed by atoms with Crippen LogP contribution in [0.3, 0.4) is 0 Å². The first-order valence-electron chi connectivity index (χ1n) is 9.89. The van der Waals surface area contributed by atoms with Crippen molar-refractivity contribution < 1.29 is 29.3 Å². The maximum absolute atomic E-state index is 11.8. The zero-order chi connectivity index (χ0) is 22.1. The van der Waals surface area contributed by atoms with Crippen molar-refractivity contribution in [3.8, 4) is 28.4 Å². The third-order valence-electron chi connectivity index (χ3n) is 5.58. The third-order valence-corrected chi connectivity index (χ3v) is 5.58. The van der Waals surface area contributed by atoms with Crippen molar-refractivity contribution in [2.45, 2.75) is 25.7 Å². The predicted octanol–water partition coefficient (Wildman–Crippen LogP) is 3.83. The van der Waals surface area contributed by atoms with Crippen molar-refractivity contribution in [1.29, 1.82) is 0 Å². The number of hydrogen-bond donors (Lipinski definition) is 2. The average molecular weight is 422 g/mol. The number of hydrogen-bond acceptors (Lipinski definition) is 5. The number of carbonyl (C=O) groups is 2. The molecule has 0 radical (unpaired) electrons. The van der Waals surface area contributed by atoms with Crippen molar-refractivity contribution in [3.63, 3.8) is 0 Å². The van der Waals surface area contributed by atoms with E-state index in [9.17, 15) is 19.8 Å². The summed E-state index contributed by atoms with van der Waals surface area (Å²) in [6, 6.07) is 10.0. The van der Waals surface area contributed by atoms with Crippen LogP contribution in [0.1, 0.15) is 44.8 Å². The number of benzene rings is 2. The van der Waals surface area contributed by atoms with Gasteiger partial charge in [0.05, 0.1) is 36.7 Å². The van der Waals surface area contributed by atoms with Gasteiger partial charge in [-0.05, 0) is 67.1 Å². The molecule has 1 aliphatic rings. The third kappa shape index (κ3) is 3.50. The first-order chi connectivity index (χ1) is 15.0. The van der Waals surface area contributed by atoms with E-state index < -0.39 is 11.9 Å². The highest BCUT2D eigenvalue weighted by Gasteiger charge is 2.26. The maximum atomic E-state index is 11.8. The monoisotopic (exact) mass is 422 g/mol. The van der Waals surface area contributed by atoms with Crippen LogP contribution in [-0.4, -0.2) is 46.2 Å². The lowest BCUT2D eigenvalue weighted by atomic mass is 9.87. The molecule has 0 spiro atoms. The molecule has 1 aliphatic carbocycles. The summed E-state index contributed by atoms with van der Waals surface area (Å²) in [5, 5.41) is 23.6. The van der Waals surface area contributed by atoms with Crippen LogP contribution in [0.4, 0.5) is 0 Å². The fourth-order valence-electron chi connectivity index (χ4n) is 4.20. The van der Waals surface area contributed by atoms with E-state index in [1.807, 2.05) is 0 Å². The number of methoxy groups -OCH3 is 2. The zero-order valence-electron chi connectivity index (χ0n) is 17.2. The zero-order valence-corrected chi connectivity index (χ0v) is 17.2. The minimum atomic E-state index is -1.16. The molecule has 8 nitrogen and oxygen atoms in total. The van der Waals surface area contributed by atoms with Gasteiger partial charge in [0.25, 0.3) is 0 Å². The number of carboxylic acids is 2. The summed E-state index contributed by atoms with van der Waals surface area (Å²) in [6.45, 7) is 0. The van der Waals surface area contributed by atoms with E-state index in [0.29, 0.717) is 41.3 Å². The van der Waals surface area contributed by atoms with Crippen molar-refractivity contribution in [3.05, 3.63) is 58.8 Å². The highest BCUT2D eigenvalue weighted by Crippen LogP contribution is 2.41. The number of aromatic nitrogens is 2. The van der Waals surface area contributed by atoms with Crippen LogP contribution in [0.15, 0.2) is 36.4 Å². The maximum Gasteiger partial charge on any atom is 0.356 e. The van der Waals surface area contributed by atoms with Gasteiger partial charge in [-0.3, -0.25) is 0 Å². The molecule has 2 aromatic carbocycles. The van der Waals surface area contributed by atoms with Crippen molar-refractivity contribution in [2.24, 2.45) is 0 Å². The summed E-state index contributed by atoms with van der Waals surface area (Å²) in [6.07, 6.45) is 3.18. The van der Waals surface area contributed by atoms with Crippen molar-refractivity contribution in [2.75, 3.05) is 14.2 Å². The fraction of sp³-hybridized carbons (Fsp3) is 0.261. The van der Waals surface area contributed by atoms with Crippen molar-refractivity contribution >= 4 is 11.9 Å². The summed E-state index contributed by atoms with van der Waals surface area (Å²) in [7, 11) is 3.06. The van der Waals surface area contributed by atoms with Crippen LogP contribution in [0, 0.1) is 0 Å². The first kappa shape index (κ1) is 20.5. The van der Waals surface area contributed by atoms with E-state index in [4.69, 9.17) is 9.47 Å². The summed E-state index contributed by atoms with van der Waals surface area (Å²) in [4.78, 5) is 23.5. The number of fused-ring (bicyclic) bond motifs is 1. The molecule has 160 valence electrons. The van der Waals surface area contributed by atoms with E-state index in [1.165, 1.54) is 20.3 Å². The smallest absolute Gasteiger partial charge is 0.356 e. The highest BCUT2D eigenvalue weighted by molar-refractivity contribution is 5.91. The Morgan fingerprint density at radius 1 is 0.935 bits per heavy atom. The first-order valence-corrected chi connectivity index (χ1v) is 9.89. The minimum Gasteiger partial charge on any atom is -0.496 e. The second kappa shape index (κ2) is 8.14. The molecule has 0 atom stereocenters. The Bertz CT molecular complexity index is 1160. The summed E-state index contributed by atoms with van der Waals surface area (Å²) in [5.41, 5.74) is 3.52. The molecule has 2 N–H and O–H groups in total. The minimum absolute atomic E-state index is 0.130. The van der Waals surface area contributed by atoms with Gasteiger partial charge in [0.1, 0.15) is 11.5 Å². The molecule has 0 unspecified atom stereocenters. The Morgan fingerprint density at radius 2 is 1.58 bits per heavy atom. The van der Waals surface area contributed by atoms with Crippen LogP contribution in [-0.2, 0) is 12.8 Å². The Balaban J connectivity index is 2.03. The van der Waals surface area contributed by atoms with E-state index in [-0.39, 0.29) is 11.3 Å². The molecule has 4 rings (SSSR count). The summed E-state index contributed by atoms with van der Waals surface area (Å²) >= 11 is 0. The second-order valence-corrected chi connectivity index (χ2v) is 7.27. The normalized spacial score (nSPS) is 12.8. The summed E-state index contributed by atoms with van der Waals surface area (Å²) < 4.78 is 12.6. The van der Waals surface area contributed by atoms with E-state index in [0.717, 1.165) is 24.0 Å². The molecule has 0 saturated heterocycles. The number of aromatic carboxylic acids is 2. The molecule has 8 heteroatoms. The average Bonchev–Trinajstić information content (AvgIpc) is 3.22. The molecule has 0 saturated carbocycles. The lowest BCUT2D eigenvalue weighted by Gasteiger charge is -2.23. The Morgan fingerprint density at radius 3 is 2.16 bits per heavy atom. The lowest BCUT2D eigenvalue weighted by molar-refractivity contribution is 0.0682. The molecule has 3 aromatic rings. The molecule has 31 heavy (non-hydrogen) atoms. The largest absolute Gasteiger partial charge is 0.496 e. The van der Waals surface area contributed by atoms with E-state index in [2.05, 4.69) is 5.10 Å². The van der Waals surface area contributed by atoms with Gasteiger partial charge in [-0.1, -0.05) is 6.07 Å². The SMILES string of the molecule is COc1cccc(OC)c1-c1cc(C(=O)O)nn1-c1ccc(C(=O)O)c2c1CCCC2. The van der Waals surface area contributed by atoms with Gasteiger partial charge in [-0.25, -0.2) is 14.3 Å². The van der Waals surface area contributed by atoms with Gasteiger partial charge in [0.15, 0.2) is 5.69 Å². The molecule has 1 heterocycles. The van der Waals surface area contributed by atoms with Gasteiger partial charge >= 0.3 is 11.9 Å². The lowest BCUT2D eigenvalue weighted by Crippen LogP contribution is -2.15. The molecule has 0 fully saturated rings. The molecule has 1 aromatic heterocycles. The van der Waals surface area contributed by atoms with Gasteiger partial charge in [-0.2, -0.15) is 5.10 Å². The van der Waals surface area contributed by atoms with Gasteiger partial charge in [0.2, 0.25) is 0 Å². The molecular formula is C23H22N2O6. The van der Waals surface area contributed by atoms with Crippen LogP contribution >= 0.6 is 0 Å². The fourth-order valence-corrected chi connectivity index (χ4v) is 4.20. The van der Waals surface area contributed by atoms with Crippen LogP contribution in [0.5, 0.6) is 11.5 Å². The number of rotatable bonds is 6. The quantitative estimate of drug-likeness (QED) is 0.621. The molecular weight excluding hydrogens is 400 g/mol. The number of nitrogens with zero attached hydrogens (tertiary/aromatic N) is 2. The molecule has 0 bridgehead atoms. The number of ether oxygens (including phenoxy) is 2. The van der Waals surface area contributed by atoms with Crippen molar-refractivity contribution in [1.82, 2.24) is 9.78 Å². The van der Waals surface area contributed by atoms with Crippen LogP contribution in [0.2, 0.25) is 0 Å². The summed E-state index contributed by atoms with van der Waals surface area (Å²) in [5.74, 6) is -1.12. The Hall–Kier alpha value is -3.81.